The Morgan fingerprint density at radius 1 is 0.958 bits per heavy atom. The number of aromatic nitrogens is 4. The molecular weight excluding hydrogens is 304 g/mol. The zero-order chi connectivity index (χ0) is 17.1. The van der Waals surface area contributed by atoms with Crippen molar-refractivity contribution in [2.75, 3.05) is 42.6 Å². The normalized spacial score (nSPS) is 14.8. The molecule has 0 saturated carbocycles. The van der Waals surface area contributed by atoms with Crippen molar-refractivity contribution in [3.8, 4) is 5.88 Å². The SMILES string of the molecule is CCOc1cc(C)nc(N2CCN(c3nc(C)cnc3C)CC2)n1. The lowest BCUT2D eigenvalue weighted by molar-refractivity contribution is 0.325. The van der Waals surface area contributed by atoms with E-state index in [0.717, 1.165) is 55.0 Å². The Morgan fingerprint density at radius 2 is 1.67 bits per heavy atom. The van der Waals surface area contributed by atoms with Crippen LogP contribution in [0.15, 0.2) is 12.3 Å². The maximum atomic E-state index is 5.53. The molecule has 1 saturated heterocycles. The lowest BCUT2D eigenvalue weighted by Crippen LogP contribution is -2.47. The van der Waals surface area contributed by atoms with Gasteiger partial charge in [0.15, 0.2) is 0 Å². The molecular formula is C17H24N6O. The van der Waals surface area contributed by atoms with Crippen molar-refractivity contribution in [2.45, 2.75) is 27.7 Å². The van der Waals surface area contributed by atoms with E-state index < -0.39 is 0 Å². The van der Waals surface area contributed by atoms with Crippen molar-refractivity contribution < 1.29 is 4.74 Å². The number of aryl methyl sites for hydroxylation is 3. The third-order valence-electron chi connectivity index (χ3n) is 4.02. The molecule has 0 radical (unpaired) electrons. The molecule has 0 spiro atoms. The number of piperazine rings is 1. The summed E-state index contributed by atoms with van der Waals surface area (Å²) in [5, 5.41) is 0. The standard InChI is InChI=1S/C17H24N6O/c1-5-24-15-10-12(2)20-17(21-15)23-8-6-22(7-9-23)16-14(4)18-11-13(3)19-16/h10-11H,5-9H2,1-4H3. The molecule has 1 aliphatic rings. The summed E-state index contributed by atoms with van der Waals surface area (Å²) in [4.78, 5) is 22.6. The smallest absolute Gasteiger partial charge is 0.228 e. The highest BCUT2D eigenvalue weighted by Gasteiger charge is 2.22. The van der Waals surface area contributed by atoms with E-state index >= 15 is 0 Å². The fourth-order valence-electron chi connectivity index (χ4n) is 2.83. The molecule has 0 amide bonds. The summed E-state index contributed by atoms with van der Waals surface area (Å²) in [7, 11) is 0. The summed E-state index contributed by atoms with van der Waals surface area (Å²) in [5.74, 6) is 2.36. The molecule has 0 aliphatic carbocycles. The van der Waals surface area contributed by atoms with Crippen LogP contribution < -0.4 is 14.5 Å². The molecule has 0 atom stereocenters. The van der Waals surface area contributed by atoms with Crippen LogP contribution in [0.25, 0.3) is 0 Å². The Morgan fingerprint density at radius 3 is 2.38 bits per heavy atom. The Hall–Kier alpha value is -2.44. The van der Waals surface area contributed by atoms with Gasteiger partial charge in [-0.05, 0) is 27.7 Å². The highest BCUT2D eigenvalue weighted by molar-refractivity contribution is 5.46. The van der Waals surface area contributed by atoms with E-state index in [-0.39, 0.29) is 0 Å². The molecule has 3 heterocycles. The topological polar surface area (TPSA) is 67.3 Å². The number of ether oxygens (including phenoxy) is 1. The molecule has 0 unspecified atom stereocenters. The van der Waals surface area contributed by atoms with Gasteiger partial charge in [0.25, 0.3) is 0 Å². The fourth-order valence-corrected chi connectivity index (χ4v) is 2.83. The fraction of sp³-hybridized carbons (Fsp3) is 0.529. The van der Waals surface area contributed by atoms with Crippen molar-refractivity contribution >= 4 is 11.8 Å². The van der Waals surface area contributed by atoms with Crippen LogP contribution in [0, 0.1) is 20.8 Å². The van der Waals surface area contributed by atoms with Crippen molar-refractivity contribution in [3.63, 3.8) is 0 Å². The second-order valence-corrected chi connectivity index (χ2v) is 5.98. The predicted octanol–water partition coefficient (Wildman–Crippen LogP) is 1.92. The first kappa shape index (κ1) is 16.4. The monoisotopic (exact) mass is 328 g/mol. The average molecular weight is 328 g/mol. The molecule has 0 N–H and O–H groups in total. The van der Waals surface area contributed by atoms with Gasteiger partial charge >= 0.3 is 0 Å². The molecule has 2 aromatic rings. The van der Waals surface area contributed by atoms with E-state index in [0.29, 0.717) is 12.5 Å². The Labute approximate surface area is 142 Å². The number of nitrogens with zero attached hydrogens (tertiary/aromatic N) is 6. The number of hydrogen-bond acceptors (Lipinski definition) is 7. The summed E-state index contributed by atoms with van der Waals surface area (Å²) in [6.45, 7) is 12.0. The van der Waals surface area contributed by atoms with Crippen molar-refractivity contribution in [1.82, 2.24) is 19.9 Å². The molecule has 1 aliphatic heterocycles. The van der Waals surface area contributed by atoms with Gasteiger partial charge in [0, 0.05) is 44.1 Å². The Bertz CT molecular complexity index is 712. The van der Waals surface area contributed by atoms with Gasteiger partial charge < -0.3 is 14.5 Å². The van der Waals surface area contributed by atoms with Gasteiger partial charge in [-0.25, -0.2) is 9.97 Å². The van der Waals surface area contributed by atoms with Crippen molar-refractivity contribution in [2.24, 2.45) is 0 Å². The van der Waals surface area contributed by atoms with Crippen LogP contribution in [0.4, 0.5) is 11.8 Å². The van der Waals surface area contributed by atoms with Crippen LogP contribution in [-0.2, 0) is 0 Å². The van der Waals surface area contributed by atoms with Gasteiger partial charge in [-0.2, -0.15) is 4.98 Å². The number of anilines is 2. The van der Waals surface area contributed by atoms with Gasteiger partial charge in [0.2, 0.25) is 11.8 Å². The number of hydrogen-bond donors (Lipinski definition) is 0. The first-order valence-corrected chi connectivity index (χ1v) is 8.35. The molecule has 7 nitrogen and oxygen atoms in total. The van der Waals surface area contributed by atoms with E-state index in [4.69, 9.17) is 4.74 Å². The van der Waals surface area contributed by atoms with Crippen LogP contribution in [0.3, 0.4) is 0 Å². The zero-order valence-electron chi connectivity index (χ0n) is 14.8. The second-order valence-electron chi connectivity index (χ2n) is 5.98. The number of rotatable bonds is 4. The molecule has 0 aromatic carbocycles. The summed E-state index contributed by atoms with van der Waals surface area (Å²) >= 11 is 0. The minimum Gasteiger partial charge on any atom is -0.478 e. The van der Waals surface area contributed by atoms with Crippen LogP contribution in [0.2, 0.25) is 0 Å². The highest BCUT2D eigenvalue weighted by Crippen LogP contribution is 2.21. The van der Waals surface area contributed by atoms with Gasteiger partial charge in [0.05, 0.1) is 18.0 Å². The molecule has 0 bridgehead atoms. The van der Waals surface area contributed by atoms with Crippen LogP contribution in [-0.4, -0.2) is 52.7 Å². The van der Waals surface area contributed by atoms with E-state index in [1.807, 2.05) is 40.0 Å². The maximum absolute atomic E-state index is 5.53. The third-order valence-corrected chi connectivity index (χ3v) is 4.02. The first-order chi connectivity index (χ1) is 11.6. The van der Waals surface area contributed by atoms with E-state index in [1.54, 1.807) is 0 Å². The molecule has 2 aromatic heterocycles. The molecule has 128 valence electrons. The van der Waals surface area contributed by atoms with E-state index in [2.05, 4.69) is 29.7 Å². The molecule has 1 fully saturated rings. The van der Waals surface area contributed by atoms with Crippen molar-refractivity contribution in [3.05, 3.63) is 29.3 Å². The lowest BCUT2D eigenvalue weighted by atomic mass is 10.3. The maximum Gasteiger partial charge on any atom is 0.228 e. The zero-order valence-corrected chi connectivity index (χ0v) is 14.8. The van der Waals surface area contributed by atoms with Gasteiger partial charge in [0.1, 0.15) is 5.82 Å². The molecule has 3 rings (SSSR count). The predicted molar refractivity (Wildman–Crippen MR) is 93.9 cm³/mol. The first-order valence-electron chi connectivity index (χ1n) is 8.35. The third kappa shape index (κ3) is 3.55. The van der Waals surface area contributed by atoms with Gasteiger partial charge in [-0.15, -0.1) is 0 Å². The van der Waals surface area contributed by atoms with Gasteiger partial charge in [-0.1, -0.05) is 0 Å². The quantitative estimate of drug-likeness (QED) is 0.849. The van der Waals surface area contributed by atoms with Crippen molar-refractivity contribution in [1.29, 1.82) is 0 Å². The Kier molecular flexibility index (Phi) is 4.78. The Balaban J connectivity index is 1.72. The summed E-state index contributed by atoms with van der Waals surface area (Å²) in [6, 6.07) is 1.87. The summed E-state index contributed by atoms with van der Waals surface area (Å²) in [5.41, 5.74) is 2.84. The summed E-state index contributed by atoms with van der Waals surface area (Å²) < 4.78 is 5.53. The second kappa shape index (κ2) is 6.98. The van der Waals surface area contributed by atoms with Gasteiger partial charge in [-0.3, -0.25) is 4.98 Å². The van der Waals surface area contributed by atoms with E-state index in [1.165, 1.54) is 0 Å². The lowest BCUT2D eigenvalue weighted by Gasteiger charge is -2.36. The minimum absolute atomic E-state index is 0.606. The molecule has 24 heavy (non-hydrogen) atoms. The highest BCUT2D eigenvalue weighted by atomic mass is 16.5. The van der Waals surface area contributed by atoms with E-state index in [9.17, 15) is 0 Å². The minimum atomic E-state index is 0.606. The average Bonchev–Trinajstić information content (AvgIpc) is 2.57. The largest absolute Gasteiger partial charge is 0.478 e. The van der Waals surface area contributed by atoms with Crippen LogP contribution in [0.1, 0.15) is 24.0 Å². The van der Waals surface area contributed by atoms with Crippen LogP contribution >= 0.6 is 0 Å². The van der Waals surface area contributed by atoms with Crippen LogP contribution in [0.5, 0.6) is 5.88 Å². The summed E-state index contributed by atoms with van der Waals surface area (Å²) in [6.07, 6.45) is 1.81. The molecule has 7 heteroatoms.